The fourth-order valence-corrected chi connectivity index (χ4v) is 3.35. The number of amides is 1. The largest absolute Gasteiger partial charge is 0.496 e. The van der Waals surface area contributed by atoms with Gasteiger partial charge in [0.25, 0.3) is 5.91 Å². The maximum absolute atomic E-state index is 12.8. The van der Waals surface area contributed by atoms with Crippen LogP contribution in [0.25, 0.3) is 22.2 Å². The van der Waals surface area contributed by atoms with Crippen LogP contribution in [-0.4, -0.2) is 29.7 Å². The van der Waals surface area contributed by atoms with E-state index in [0.717, 1.165) is 22.2 Å². The lowest BCUT2D eigenvalue weighted by Crippen LogP contribution is -2.12. The van der Waals surface area contributed by atoms with Crippen LogP contribution in [0.3, 0.4) is 0 Å². The van der Waals surface area contributed by atoms with Crippen molar-refractivity contribution in [2.75, 3.05) is 19.5 Å². The molecule has 6 nitrogen and oxygen atoms in total. The second-order valence-electron chi connectivity index (χ2n) is 6.62. The van der Waals surface area contributed by atoms with Gasteiger partial charge in [0.2, 0.25) is 0 Å². The van der Waals surface area contributed by atoms with E-state index in [4.69, 9.17) is 9.47 Å². The van der Waals surface area contributed by atoms with Gasteiger partial charge in [-0.3, -0.25) is 9.78 Å². The van der Waals surface area contributed by atoms with Crippen molar-refractivity contribution < 1.29 is 14.3 Å². The van der Waals surface area contributed by atoms with Crippen LogP contribution in [0, 0.1) is 0 Å². The highest BCUT2D eigenvalue weighted by Gasteiger charge is 2.16. The Morgan fingerprint density at radius 2 is 1.83 bits per heavy atom. The average molecular weight is 387 g/mol. The number of hydrogen-bond donors (Lipinski definition) is 1. The summed E-state index contributed by atoms with van der Waals surface area (Å²) in [5.41, 5.74) is 3.76. The van der Waals surface area contributed by atoms with Crippen LogP contribution in [0.2, 0.25) is 0 Å². The van der Waals surface area contributed by atoms with Gasteiger partial charge in [-0.1, -0.05) is 0 Å². The van der Waals surface area contributed by atoms with Crippen molar-refractivity contribution in [3.8, 4) is 22.8 Å². The molecule has 0 fully saturated rings. The lowest BCUT2D eigenvalue weighted by Gasteiger charge is -2.13. The molecule has 1 amide bonds. The molecule has 0 saturated heterocycles. The topological polar surface area (TPSA) is 65.4 Å². The molecule has 0 atom stereocenters. The van der Waals surface area contributed by atoms with Gasteiger partial charge < -0.3 is 19.4 Å². The molecule has 29 heavy (non-hydrogen) atoms. The molecular weight excluding hydrogens is 366 g/mol. The van der Waals surface area contributed by atoms with Gasteiger partial charge in [0.1, 0.15) is 17.2 Å². The first-order valence-corrected chi connectivity index (χ1v) is 9.14. The molecule has 0 aliphatic heterocycles. The molecule has 0 saturated carbocycles. The third kappa shape index (κ3) is 3.52. The third-order valence-electron chi connectivity index (χ3n) is 4.85. The number of carbonyl (C=O) groups is 1. The van der Waals surface area contributed by atoms with Gasteiger partial charge in [0.15, 0.2) is 0 Å². The maximum Gasteiger partial charge on any atom is 0.255 e. The second kappa shape index (κ2) is 7.67. The monoisotopic (exact) mass is 387 g/mol. The number of carbonyl (C=O) groups excluding carboxylic acids is 1. The number of nitrogens with zero attached hydrogens (tertiary/aromatic N) is 2. The van der Waals surface area contributed by atoms with Gasteiger partial charge in [-0.15, -0.1) is 0 Å². The predicted molar refractivity (Wildman–Crippen MR) is 114 cm³/mol. The Morgan fingerprint density at radius 3 is 2.62 bits per heavy atom. The van der Waals surface area contributed by atoms with Crippen molar-refractivity contribution in [3.05, 3.63) is 72.6 Å². The lowest BCUT2D eigenvalue weighted by molar-refractivity contribution is 0.102. The standard InChI is InChI=1S/C23H21N3O3/c1-26-12-10-15-13-17(7-9-19(15)26)25-23(27)16-6-8-18(21(14-16)29-3)22-20(28-2)5-4-11-24-22/h4-14H,1-3H3,(H,25,27). The van der Waals surface area contributed by atoms with Crippen molar-refractivity contribution in [3.63, 3.8) is 0 Å². The summed E-state index contributed by atoms with van der Waals surface area (Å²) in [4.78, 5) is 17.2. The summed E-state index contributed by atoms with van der Waals surface area (Å²) in [7, 11) is 5.16. The first kappa shape index (κ1) is 18.6. The van der Waals surface area contributed by atoms with E-state index in [9.17, 15) is 4.79 Å². The Labute approximate surface area is 168 Å². The van der Waals surface area contributed by atoms with E-state index in [1.165, 1.54) is 0 Å². The summed E-state index contributed by atoms with van der Waals surface area (Å²) in [5, 5.41) is 4.02. The summed E-state index contributed by atoms with van der Waals surface area (Å²) in [6.07, 6.45) is 3.68. The summed E-state index contributed by atoms with van der Waals surface area (Å²) in [6.45, 7) is 0. The predicted octanol–water partition coefficient (Wildman–Crippen LogP) is 4.51. The van der Waals surface area contributed by atoms with Crippen molar-refractivity contribution in [2.24, 2.45) is 7.05 Å². The molecule has 0 bridgehead atoms. The van der Waals surface area contributed by atoms with Crippen LogP contribution in [0.4, 0.5) is 5.69 Å². The van der Waals surface area contributed by atoms with Gasteiger partial charge in [0, 0.05) is 47.2 Å². The molecule has 0 aliphatic carbocycles. The van der Waals surface area contributed by atoms with Crippen LogP contribution >= 0.6 is 0 Å². The zero-order chi connectivity index (χ0) is 20.4. The molecule has 0 aliphatic rings. The molecule has 6 heteroatoms. The van der Waals surface area contributed by atoms with E-state index in [-0.39, 0.29) is 5.91 Å². The Bertz CT molecular complexity index is 1200. The van der Waals surface area contributed by atoms with Gasteiger partial charge >= 0.3 is 0 Å². The number of aryl methyl sites for hydroxylation is 1. The van der Waals surface area contributed by atoms with Crippen molar-refractivity contribution in [2.45, 2.75) is 0 Å². The molecule has 0 unspecified atom stereocenters. The quantitative estimate of drug-likeness (QED) is 0.547. The van der Waals surface area contributed by atoms with Crippen LogP contribution in [0.5, 0.6) is 11.5 Å². The highest BCUT2D eigenvalue weighted by Crippen LogP contribution is 2.35. The third-order valence-corrected chi connectivity index (χ3v) is 4.85. The van der Waals surface area contributed by atoms with E-state index in [1.807, 2.05) is 54.2 Å². The molecule has 146 valence electrons. The van der Waals surface area contributed by atoms with Gasteiger partial charge in [-0.25, -0.2) is 0 Å². The normalized spacial score (nSPS) is 10.7. The van der Waals surface area contributed by atoms with Crippen molar-refractivity contribution >= 4 is 22.5 Å². The van der Waals surface area contributed by atoms with Crippen molar-refractivity contribution in [1.29, 1.82) is 0 Å². The minimum absolute atomic E-state index is 0.210. The number of aromatic nitrogens is 2. The fraction of sp³-hybridized carbons (Fsp3) is 0.130. The van der Waals surface area contributed by atoms with E-state index >= 15 is 0 Å². The SMILES string of the molecule is COc1cc(C(=O)Nc2ccc3c(ccn3C)c2)ccc1-c1ncccc1OC. The van der Waals surface area contributed by atoms with Gasteiger partial charge in [-0.05, 0) is 54.6 Å². The Morgan fingerprint density at radius 1 is 1.00 bits per heavy atom. The number of pyridine rings is 1. The molecule has 4 aromatic rings. The first-order valence-electron chi connectivity index (χ1n) is 9.14. The van der Waals surface area contributed by atoms with E-state index in [0.29, 0.717) is 22.8 Å². The molecular formula is C23H21N3O3. The zero-order valence-electron chi connectivity index (χ0n) is 16.5. The van der Waals surface area contributed by atoms with Gasteiger partial charge in [0.05, 0.1) is 14.2 Å². The number of nitrogens with one attached hydrogen (secondary N) is 1. The summed E-state index contributed by atoms with van der Waals surface area (Å²) in [6, 6.07) is 16.8. The lowest BCUT2D eigenvalue weighted by atomic mass is 10.1. The molecule has 2 aromatic heterocycles. The molecule has 1 N–H and O–H groups in total. The van der Waals surface area contributed by atoms with Crippen LogP contribution in [0.1, 0.15) is 10.4 Å². The Hall–Kier alpha value is -3.80. The van der Waals surface area contributed by atoms with Crippen LogP contribution < -0.4 is 14.8 Å². The zero-order valence-corrected chi connectivity index (χ0v) is 16.5. The maximum atomic E-state index is 12.8. The fourth-order valence-electron chi connectivity index (χ4n) is 3.35. The number of ether oxygens (including phenoxy) is 2. The van der Waals surface area contributed by atoms with Crippen molar-refractivity contribution in [1.82, 2.24) is 9.55 Å². The molecule has 2 heterocycles. The highest BCUT2D eigenvalue weighted by molar-refractivity contribution is 6.05. The number of anilines is 1. The minimum Gasteiger partial charge on any atom is -0.496 e. The summed E-state index contributed by atoms with van der Waals surface area (Å²) < 4.78 is 13.0. The number of benzene rings is 2. The molecule has 2 aromatic carbocycles. The molecule has 0 radical (unpaired) electrons. The summed E-state index contributed by atoms with van der Waals surface area (Å²) >= 11 is 0. The summed E-state index contributed by atoms with van der Waals surface area (Å²) in [5.74, 6) is 0.977. The Kier molecular flexibility index (Phi) is 4.91. The smallest absolute Gasteiger partial charge is 0.255 e. The number of rotatable bonds is 5. The van der Waals surface area contributed by atoms with Crippen LogP contribution in [-0.2, 0) is 7.05 Å². The Balaban J connectivity index is 1.63. The van der Waals surface area contributed by atoms with E-state index in [1.54, 1.807) is 38.6 Å². The van der Waals surface area contributed by atoms with E-state index < -0.39 is 0 Å². The minimum atomic E-state index is -0.210. The second-order valence-corrected chi connectivity index (χ2v) is 6.62. The number of methoxy groups -OCH3 is 2. The highest BCUT2D eigenvalue weighted by atomic mass is 16.5. The number of fused-ring (bicyclic) bond motifs is 1. The van der Waals surface area contributed by atoms with Crippen LogP contribution in [0.15, 0.2) is 67.0 Å². The molecule has 4 rings (SSSR count). The van der Waals surface area contributed by atoms with Gasteiger partial charge in [-0.2, -0.15) is 0 Å². The van der Waals surface area contributed by atoms with E-state index in [2.05, 4.69) is 10.3 Å². The first-order chi connectivity index (χ1) is 14.1. The average Bonchev–Trinajstić information content (AvgIpc) is 3.13. The number of hydrogen-bond acceptors (Lipinski definition) is 4. The molecule has 0 spiro atoms.